The van der Waals surface area contributed by atoms with Gasteiger partial charge in [0.15, 0.2) is 0 Å². The molecule has 0 aromatic carbocycles. The average Bonchev–Trinajstić information content (AvgIpc) is 3.20. The van der Waals surface area contributed by atoms with Crippen LogP contribution in [0.5, 0.6) is 0 Å². The van der Waals surface area contributed by atoms with E-state index in [1.807, 2.05) is 31.5 Å². The van der Waals surface area contributed by atoms with E-state index in [9.17, 15) is 9.90 Å². The second-order valence-corrected chi connectivity index (χ2v) is 7.52. The van der Waals surface area contributed by atoms with Crippen LogP contribution >= 0.6 is 0 Å². The van der Waals surface area contributed by atoms with Gasteiger partial charge in [0.25, 0.3) is 0 Å². The molecule has 0 unspecified atom stereocenters. The van der Waals surface area contributed by atoms with Gasteiger partial charge in [-0.3, -0.25) is 9.69 Å². The molecule has 2 atom stereocenters. The number of aryl methyl sites for hydroxylation is 1. The van der Waals surface area contributed by atoms with Crippen molar-refractivity contribution in [3.63, 3.8) is 0 Å². The molecule has 2 aliphatic heterocycles. The molecule has 2 aliphatic rings. The zero-order chi connectivity index (χ0) is 18.1. The molecule has 4 rings (SSSR count). The van der Waals surface area contributed by atoms with Gasteiger partial charge in [-0.1, -0.05) is 0 Å². The highest BCUT2D eigenvalue weighted by Crippen LogP contribution is 2.43. The number of hydrogen-bond acceptors (Lipinski definition) is 6. The molecule has 0 aliphatic carbocycles. The summed E-state index contributed by atoms with van der Waals surface area (Å²) in [5.74, 6) is 0.931. The monoisotopic (exact) mass is 356 g/mol. The minimum atomic E-state index is -0.702. The van der Waals surface area contributed by atoms with Gasteiger partial charge in [-0.15, -0.1) is 0 Å². The highest BCUT2D eigenvalue weighted by atomic mass is 16.4. The van der Waals surface area contributed by atoms with Crippen molar-refractivity contribution < 1.29 is 14.3 Å². The molecule has 0 spiro atoms. The second kappa shape index (κ2) is 6.72. The number of carboxylic acids is 1. The SMILES string of the molecule is Cc1cnc(N2CCC[C@@]3(C(=O)O)CN(Cc4ccco4)C[C@H]3C2)nc1. The fourth-order valence-electron chi connectivity index (χ4n) is 4.36. The largest absolute Gasteiger partial charge is 0.481 e. The lowest BCUT2D eigenvalue weighted by Gasteiger charge is -2.29. The minimum Gasteiger partial charge on any atom is -0.481 e. The maximum absolute atomic E-state index is 12.2. The van der Waals surface area contributed by atoms with Crippen molar-refractivity contribution in [3.8, 4) is 0 Å². The molecule has 138 valence electrons. The standard InChI is InChI=1S/C19H24N4O3/c1-14-8-20-18(21-9-14)23-6-3-5-19(17(24)25)13-22(10-15(19)11-23)12-16-4-2-7-26-16/h2,4,7-9,15H,3,5-6,10-13H2,1H3,(H,24,25)/t15-,19+/m0/s1. The Bertz CT molecular complexity index is 762. The number of fused-ring (bicyclic) bond motifs is 1. The minimum absolute atomic E-state index is 0.0439. The van der Waals surface area contributed by atoms with Crippen molar-refractivity contribution in [1.82, 2.24) is 14.9 Å². The van der Waals surface area contributed by atoms with Crippen LogP contribution in [0.2, 0.25) is 0 Å². The number of aromatic nitrogens is 2. The molecule has 0 amide bonds. The number of carboxylic acid groups (broad SMARTS) is 1. The van der Waals surface area contributed by atoms with Crippen molar-refractivity contribution in [2.45, 2.75) is 26.3 Å². The zero-order valence-corrected chi connectivity index (χ0v) is 15.0. The molecule has 2 saturated heterocycles. The molecule has 7 heteroatoms. The van der Waals surface area contributed by atoms with Crippen molar-refractivity contribution in [2.24, 2.45) is 11.3 Å². The third-order valence-electron chi connectivity index (χ3n) is 5.69. The summed E-state index contributed by atoms with van der Waals surface area (Å²) in [7, 11) is 0. The number of aliphatic carboxylic acids is 1. The molecule has 2 aromatic heterocycles. The summed E-state index contributed by atoms with van der Waals surface area (Å²) < 4.78 is 5.45. The van der Waals surface area contributed by atoms with E-state index in [-0.39, 0.29) is 5.92 Å². The summed E-state index contributed by atoms with van der Waals surface area (Å²) in [5, 5.41) is 10.1. The lowest BCUT2D eigenvalue weighted by Crippen LogP contribution is -2.41. The smallest absolute Gasteiger partial charge is 0.311 e. The number of furan rings is 1. The Balaban J connectivity index is 1.56. The Morgan fingerprint density at radius 1 is 1.38 bits per heavy atom. The van der Waals surface area contributed by atoms with Crippen LogP contribution in [-0.2, 0) is 11.3 Å². The molecular formula is C19H24N4O3. The molecule has 2 aromatic rings. The highest BCUT2D eigenvalue weighted by molar-refractivity contribution is 5.76. The molecule has 0 bridgehead atoms. The van der Waals surface area contributed by atoms with Crippen LogP contribution in [0.15, 0.2) is 35.2 Å². The number of likely N-dealkylation sites (tertiary alicyclic amines) is 1. The highest BCUT2D eigenvalue weighted by Gasteiger charge is 2.53. The Labute approximate surface area is 152 Å². The molecular weight excluding hydrogens is 332 g/mol. The fraction of sp³-hybridized carbons (Fsp3) is 0.526. The predicted octanol–water partition coefficient (Wildman–Crippen LogP) is 2.18. The van der Waals surface area contributed by atoms with Gasteiger partial charge in [-0.05, 0) is 37.5 Å². The molecule has 2 fully saturated rings. The Morgan fingerprint density at radius 3 is 2.88 bits per heavy atom. The van der Waals surface area contributed by atoms with Gasteiger partial charge in [0.2, 0.25) is 5.95 Å². The van der Waals surface area contributed by atoms with E-state index in [1.165, 1.54) is 0 Å². The second-order valence-electron chi connectivity index (χ2n) is 7.52. The van der Waals surface area contributed by atoms with Crippen LogP contribution in [0, 0.1) is 18.3 Å². The van der Waals surface area contributed by atoms with E-state index in [0.717, 1.165) is 30.8 Å². The van der Waals surface area contributed by atoms with Crippen LogP contribution in [-0.4, -0.2) is 52.1 Å². The van der Waals surface area contributed by atoms with E-state index < -0.39 is 11.4 Å². The van der Waals surface area contributed by atoms with Crippen molar-refractivity contribution in [3.05, 3.63) is 42.1 Å². The van der Waals surface area contributed by atoms with Gasteiger partial charge < -0.3 is 14.4 Å². The Hall–Kier alpha value is -2.41. The van der Waals surface area contributed by atoms with E-state index in [0.29, 0.717) is 32.0 Å². The van der Waals surface area contributed by atoms with E-state index in [1.54, 1.807) is 6.26 Å². The summed E-state index contributed by atoms with van der Waals surface area (Å²) in [4.78, 5) is 25.5. The van der Waals surface area contributed by atoms with Crippen molar-refractivity contribution in [1.29, 1.82) is 0 Å². The maximum Gasteiger partial charge on any atom is 0.311 e. The third-order valence-corrected chi connectivity index (χ3v) is 5.69. The number of rotatable bonds is 4. The molecule has 1 N–H and O–H groups in total. The van der Waals surface area contributed by atoms with E-state index >= 15 is 0 Å². The van der Waals surface area contributed by atoms with Gasteiger partial charge >= 0.3 is 5.97 Å². The number of carbonyl (C=O) groups is 1. The van der Waals surface area contributed by atoms with Gasteiger partial charge in [0, 0.05) is 44.5 Å². The van der Waals surface area contributed by atoms with Crippen LogP contribution < -0.4 is 4.90 Å². The normalized spacial score (nSPS) is 26.5. The lowest BCUT2D eigenvalue weighted by molar-refractivity contribution is -0.150. The molecule has 26 heavy (non-hydrogen) atoms. The van der Waals surface area contributed by atoms with Gasteiger partial charge in [0.1, 0.15) is 5.76 Å². The number of anilines is 1. The molecule has 0 saturated carbocycles. The van der Waals surface area contributed by atoms with E-state index in [4.69, 9.17) is 4.42 Å². The summed E-state index contributed by atoms with van der Waals surface area (Å²) in [6, 6.07) is 3.81. The third kappa shape index (κ3) is 3.07. The van der Waals surface area contributed by atoms with Gasteiger partial charge in [0.05, 0.1) is 18.2 Å². The van der Waals surface area contributed by atoms with Crippen molar-refractivity contribution >= 4 is 11.9 Å². The van der Waals surface area contributed by atoms with Crippen LogP contribution in [0.3, 0.4) is 0 Å². The fourth-order valence-corrected chi connectivity index (χ4v) is 4.36. The quantitative estimate of drug-likeness (QED) is 0.899. The molecule has 4 heterocycles. The van der Waals surface area contributed by atoms with Gasteiger partial charge in [-0.25, -0.2) is 9.97 Å². The summed E-state index contributed by atoms with van der Waals surface area (Å²) in [5.41, 5.74) is 0.320. The maximum atomic E-state index is 12.2. The summed E-state index contributed by atoms with van der Waals surface area (Å²) in [6.45, 7) is 5.40. The van der Waals surface area contributed by atoms with Crippen molar-refractivity contribution in [2.75, 3.05) is 31.1 Å². The van der Waals surface area contributed by atoms with Crippen LogP contribution in [0.25, 0.3) is 0 Å². The Kier molecular flexibility index (Phi) is 4.40. The topological polar surface area (TPSA) is 82.7 Å². The first kappa shape index (κ1) is 17.0. The van der Waals surface area contributed by atoms with E-state index in [2.05, 4.69) is 19.8 Å². The predicted molar refractivity (Wildman–Crippen MR) is 95.8 cm³/mol. The van der Waals surface area contributed by atoms with Gasteiger partial charge in [-0.2, -0.15) is 0 Å². The number of nitrogens with zero attached hydrogens (tertiary/aromatic N) is 4. The summed E-state index contributed by atoms with van der Waals surface area (Å²) in [6.07, 6.45) is 6.80. The first-order valence-electron chi connectivity index (χ1n) is 9.08. The Morgan fingerprint density at radius 2 is 2.19 bits per heavy atom. The van der Waals surface area contributed by atoms with Crippen LogP contribution in [0.1, 0.15) is 24.2 Å². The molecule has 0 radical (unpaired) electrons. The zero-order valence-electron chi connectivity index (χ0n) is 15.0. The lowest BCUT2D eigenvalue weighted by atomic mass is 9.75. The summed E-state index contributed by atoms with van der Waals surface area (Å²) >= 11 is 0. The van der Waals surface area contributed by atoms with Crippen LogP contribution in [0.4, 0.5) is 5.95 Å². The average molecular weight is 356 g/mol. The first-order chi connectivity index (χ1) is 12.6. The molecule has 7 nitrogen and oxygen atoms in total. The number of hydrogen-bond donors (Lipinski definition) is 1. The first-order valence-corrected chi connectivity index (χ1v) is 9.08.